The van der Waals surface area contributed by atoms with E-state index >= 15 is 0 Å². The molecule has 202 valence electrons. The third kappa shape index (κ3) is 7.41. The summed E-state index contributed by atoms with van der Waals surface area (Å²) in [4.78, 5) is 0. The Kier molecular flexibility index (Phi) is 9.28. The van der Waals surface area contributed by atoms with Gasteiger partial charge in [-0.1, -0.05) is 130 Å². The highest BCUT2D eigenvalue weighted by Gasteiger charge is 2.48. The zero-order valence-electron chi connectivity index (χ0n) is 24.5. The van der Waals surface area contributed by atoms with Crippen molar-refractivity contribution in [2.75, 3.05) is 13.1 Å². The monoisotopic (exact) mass is 496 g/mol. The maximum Gasteiger partial charge on any atom is 0.147 e. The first-order valence-corrected chi connectivity index (χ1v) is 13.4. The van der Waals surface area contributed by atoms with Crippen molar-refractivity contribution in [3.05, 3.63) is 71.8 Å². The summed E-state index contributed by atoms with van der Waals surface area (Å²) in [5.74, 6) is 0. The van der Waals surface area contributed by atoms with Crippen molar-refractivity contribution in [3.63, 3.8) is 0 Å². The lowest BCUT2D eigenvalue weighted by Gasteiger charge is -2.48. The molecule has 2 unspecified atom stereocenters. The van der Waals surface area contributed by atoms with Gasteiger partial charge in [0.2, 0.25) is 0 Å². The van der Waals surface area contributed by atoms with Gasteiger partial charge in [0.15, 0.2) is 0 Å². The van der Waals surface area contributed by atoms with Gasteiger partial charge in [0.1, 0.15) is 11.4 Å². The molecule has 4 N–H and O–H groups in total. The number of hydrogen-bond acceptors (Lipinski definition) is 4. The van der Waals surface area contributed by atoms with Crippen molar-refractivity contribution in [2.45, 2.75) is 93.5 Å². The summed E-state index contributed by atoms with van der Waals surface area (Å²) in [5.41, 5.74) is -1.52. The molecule has 0 aliphatic carbocycles. The molecule has 0 aliphatic rings. The van der Waals surface area contributed by atoms with Crippen LogP contribution in [0.2, 0.25) is 0 Å². The lowest BCUT2D eigenvalue weighted by molar-refractivity contribution is -0.127. The Bertz CT molecular complexity index is 862. The van der Waals surface area contributed by atoms with Gasteiger partial charge in [0, 0.05) is 23.9 Å². The van der Waals surface area contributed by atoms with Crippen LogP contribution in [-0.4, -0.2) is 23.3 Å². The summed E-state index contributed by atoms with van der Waals surface area (Å²) < 4.78 is 0. The van der Waals surface area contributed by atoms with E-state index in [9.17, 15) is 10.2 Å². The van der Waals surface area contributed by atoms with Crippen LogP contribution in [-0.2, 0) is 11.4 Å². The zero-order valence-corrected chi connectivity index (χ0v) is 24.5. The minimum Gasteiger partial charge on any atom is -0.371 e. The van der Waals surface area contributed by atoms with Gasteiger partial charge in [-0.15, -0.1) is 0 Å². The summed E-state index contributed by atoms with van der Waals surface area (Å²) >= 11 is 0. The van der Waals surface area contributed by atoms with E-state index in [0.29, 0.717) is 13.1 Å². The molecule has 0 saturated heterocycles. The van der Waals surface area contributed by atoms with Gasteiger partial charge in [-0.2, -0.15) is 0 Å². The Hall–Kier alpha value is -1.72. The zero-order chi connectivity index (χ0) is 27.5. The average Bonchev–Trinajstić information content (AvgIpc) is 2.74. The molecule has 0 amide bonds. The van der Waals surface area contributed by atoms with E-state index in [1.807, 2.05) is 60.7 Å². The molecule has 2 aromatic carbocycles. The summed E-state index contributed by atoms with van der Waals surface area (Å²) in [5, 5.41) is 31.2. The molecule has 0 aliphatic heterocycles. The van der Waals surface area contributed by atoms with E-state index in [4.69, 9.17) is 0 Å². The van der Waals surface area contributed by atoms with E-state index in [1.54, 1.807) is 0 Å². The van der Waals surface area contributed by atoms with E-state index in [2.05, 4.69) is 79.9 Å². The number of hydrogen-bond donors (Lipinski definition) is 4. The minimum atomic E-state index is -1.23. The van der Waals surface area contributed by atoms with Gasteiger partial charge in [-0.05, 0) is 34.8 Å². The molecule has 2 atom stereocenters. The molecule has 0 heterocycles. The van der Waals surface area contributed by atoms with Crippen molar-refractivity contribution in [3.8, 4) is 0 Å². The normalized spacial score (nSPS) is 16.9. The van der Waals surface area contributed by atoms with Crippen LogP contribution in [0.25, 0.3) is 0 Å². The van der Waals surface area contributed by atoms with Crippen LogP contribution >= 0.6 is 0 Å². The second-order valence-electron chi connectivity index (χ2n) is 14.2. The van der Waals surface area contributed by atoms with Crippen molar-refractivity contribution >= 4 is 0 Å². The van der Waals surface area contributed by atoms with Gasteiger partial charge in [-0.25, -0.2) is 0 Å². The number of nitrogens with one attached hydrogen (secondary N) is 2. The highest BCUT2D eigenvalue weighted by Crippen LogP contribution is 2.46. The fraction of sp³-hybridized carbons (Fsp3) is 0.625. The smallest absolute Gasteiger partial charge is 0.147 e. The van der Waals surface area contributed by atoms with E-state index in [1.165, 1.54) is 0 Å². The van der Waals surface area contributed by atoms with Crippen LogP contribution in [0.1, 0.15) is 93.2 Å². The molecule has 0 bridgehead atoms. The first kappa shape index (κ1) is 30.5. The number of aliphatic hydroxyl groups is 2. The van der Waals surface area contributed by atoms with E-state index in [-0.39, 0.29) is 10.8 Å². The Morgan fingerprint density at radius 1 is 0.500 bits per heavy atom. The molecule has 36 heavy (non-hydrogen) atoms. The summed E-state index contributed by atoms with van der Waals surface area (Å²) in [6.07, 6.45) is 1.66. The molecule has 0 spiro atoms. The van der Waals surface area contributed by atoms with Crippen molar-refractivity contribution in [1.29, 1.82) is 0 Å². The maximum atomic E-state index is 12.1. The molecular weight excluding hydrogens is 444 g/mol. The Morgan fingerprint density at radius 2 is 0.778 bits per heavy atom. The molecule has 2 rings (SSSR count). The fourth-order valence-electron chi connectivity index (χ4n) is 6.22. The van der Waals surface area contributed by atoms with Gasteiger partial charge in [0.05, 0.1) is 0 Å². The Labute approximate surface area is 220 Å². The molecule has 0 fully saturated rings. The van der Waals surface area contributed by atoms with Crippen LogP contribution in [0.3, 0.4) is 0 Å². The lowest BCUT2D eigenvalue weighted by Crippen LogP contribution is -2.59. The SMILES string of the molecule is CC(C)(C)CC(C)(C)C(O)(NCCNC(O)(c1ccccc1)C(C)(C)CC(C)(C)C)c1ccccc1. The summed E-state index contributed by atoms with van der Waals surface area (Å²) in [6.45, 7) is 22.7. The first-order chi connectivity index (χ1) is 16.3. The van der Waals surface area contributed by atoms with Crippen molar-refractivity contribution in [1.82, 2.24) is 10.6 Å². The van der Waals surface area contributed by atoms with Crippen LogP contribution < -0.4 is 10.6 Å². The molecule has 0 radical (unpaired) electrons. The third-order valence-corrected chi connectivity index (χ3v) is 7.17. The topological polar surface area (TPSA) is 64.5 Å². The van der Waals surface area contributed by atoms with Crippen molar-refractivity contribution < 1.29 is 10.2 Å². The fourth-order valence-corrected chi connectivity index (χ4v) is 6.22. The van der Waals surface area contributed by atoms with Crippen LogP contribution in [0.15, 0.2) is 60.7 Å². The largest absolute Gasteiger partial charge is 0.371 e. The Morgan fingerprint density at radius 3 is 1.03 bits per heavy atom. The highest BCUT2D eigenvalue weighted by molar-refractivity contribution is 5.26. The van der Waals surface area contributed by atoms with Crippen LogP contribution in [0, 0.1) is 21.7 Å². The van der Waals surface area contributed by atoms with Crippen LogP contribution in [0.4, 0.5) is 0 Å². The van der Waals surface area contributed by atoms with Gasteiger partial charge in [-0.3, -0.25) is 10.6 Å². The first-order valence-electron chi connectivity index (χ1n) is 13.4. The van der Waals surface area contributed by atoms with Gasteiger partial charge in [0.25, 0.3) is 0 Å². The number of rotatable bonds is 11. The Balaban J connectivity index is 2.31. The average molecular weight is 497 g/mol. The predicted molar refractivity (Wildman–Crippen MR) is 152 cm³/mol. The van der Waals surface area contributed by atoms with E-state index in [0.717, 1.165) is 24.0 Å². The number of benzene rings is 2. The molecule has 0 aromatic heterocycles. The lowest BCUT2D eigenvalue weighted by atomic mass is 9.67. The molecule has 2 aromatic rings. The maximum absolute atomic E-state index is 12.1. The van der Waals surface area contributed by atoms with E-state index < -0.39 is 22.3 Å². The summed E-state index contributed by atoms with van der Waals surface area (Å²) in [6, 6.07) is 19.8. The molecule has 4 heteroatoms. The molecular formula is C32H52N2O2. The standard InChI is InChI=1S/C32H52N2O2/c1-27(2,3)23-29(7,8)31(35,25-17-13-11-14-18-25)33-21-22-34-32(36,26-19-15-12-16-20-26)30(9,10)24-28(4,5)6/h11-20,33-36H,21-24H2,1-10H3. The second kappa shape index (κ2) is 10.9. The van der Waals surface area contributed by atoms with Crippen LogP contribution in [0.5, 0.6) is 0 Å². The van der Waals surface area contributed by atoms with Gasteiger partial charge >= 0.3 is 0 Å². The quantitative estimate of drug-likeness (QED) is 0.204. The third-order valence-electron chi connectivity index (χ3n) is 7.17. The highest BCUT2D eigenvalue weighted by atomic mass is 16.3. The molecule has 4 nitrogen and oxygen atoms in total. The predicted octanol–water partition coefficient (Wildman–Crippen LogP) is 6.78. The molecule has 0 saturated carbocycles. The van der Waals surface area contributed by atoms with Crippen molar-refractivity contribution in [2.24, 2.45) is 21.7 Å². The minimum absolute atomic E-state index is 0.0523. The van der Waals surface area contributed by atoms with Gasteiger partial charge < -0.3 is 10.2 Å². The summed E-state index contributed by atoms with van der Waals surface area (Å²) in [7, 11) is 0. The second-order valence-corrected chi connectivity index (χ2v) is 14.2.